The second-order valence-corrected chi connectivity index (χ2v) is 5.09. The molecule has 0 spiro atoms. The molecular weight excluding hydrogens is 258 g/mol. The van der Waals surface area contributed by atoms with Gasteiger partial charge in [-0.05, 0) is 27.7 Å². The van der Waals surface area contributed by atoms with Crippen molar-refractivity contribution in [1.29, 1.82) is 0 Å². The maximum Gasteiger partial charge on any atom is 0.197 e. The van der Waals surface area contributed by atoms with Crippen molar-refractivity contribution >= 4 is 0 Å². The average Bonchev–Trinajstić information content (AvgIpc) is 2.38. The van der Waals surface area contributed by atoms with Crippen molar-refractivity contribution in [2.24, 2.45) is 0 Å². The fourth-order valence-corrected chi connectivity index (χ4v) is 2.37. The first kappa shape index (κ1) is 19.8. The lowest BCUT2D eigenvalue weighted by Crippen LogP contribution is -2.64. The molecule has 5 nitrogen and oxygen atoms in total. The van der Waals surface area contributed by atoms with Crippen LogP contribution in [0, 0.1) is 0 Å². The second kappa shape index (κ2) is 9.68. The molecule has 0 rings (SSSR count). The molecule has 0 N–H and O–H groups in total. The van der Waals surface area contributed by atoms with Gasteiger partial charge in [0, 0.05) is 27.4 Å². The van der Waals surface area contributed by atoms with Crippen molar-refractivity contribution in [3.63, 3.8) is 0 Å². The lowest BCUT2D eigenvalue weighted by molar-refractivity contribution is -1.03. The first-order valence-electron chi connectivity index (χ1n) is 7.70. The van der Waals surface area contributed by atoms with Crippen LogP contribution < -0.4 is 0 Å². The van der Waals surface area contributed by atoms with Crippen LogP contribution in [0.15, 0.2) is 0 Å². The molecule has 4 atom stereocenters. The maximum absolute atomic E-state index is 5.98. The molecule has 0 aliphatic rings. The molecule has 20 heavy (non-hydrogen) atoms. The molecule has 122 valence electrons. The number of nitrogens with zero attached hydrogens (tertiary/aromatic N) is 1. The Balaban J connectivity index is 4.98. The molecule has 0 heterocycles. The van der Waals surface area contributed by atoms with Crippen LogP contribution in [0.5, 0.6) is 0 Å². The Hall–Kier alpha value is -0.200. The fraction of sp³-hybridized carbons (Fsp3) is 1.00. The molecule has 0 aromatic rings. The van der Waals surface area contributed by atoms with Crippen LogP contribution in [0.1, 0.15) is 48.5 Å². The number of ether oxygens (including phenoxy) is 4. The minimum atomic E-state index is -0.241. The second-order valence-electron chi connectivity index (χ2n) is 5.09. The summed E-state index contributed by atoms with van der Waals surface area (Å²) >= 11 is 0. The third-order valence-corrected chi connectivity index (χ3v) is 3.96. The number of rotatable bonds is 11. The molecule has 5 heteroatoms. The van der Waals surface area contributed by atoms with Gasteiger partial charge in [-0.2, -0.15) is 0 Å². The van der Waals surface area contributed by atoms with Crippen molar-refractivity contribution in [1.82, 2.24) is 0 Å². The van der Waals surface area contributed by atoms with E-state index in [1.54, 1.807) is 0 Å². The summed E-state index contributed by atoms with van der Waals surface area (Å²) in [7, 11) is 2.10. The van der Waals surface area contributed by atoms with E-state index in [9.17, 15) is 0 Å². The first-order chi connectivity index (χ1) is 9.34. The predicted molar refractivity (Wildman–Crippen MR) is 80.0 cm³/mol. The maximum atomic E-state index is 5.98. The number of quaternary nitrogens is 1. The van der Waals surface area contributed by atoms with Crippen LogP contribution in [0.25, 0.3) is 0 Å². The van der Waals surface area contributed by atoms with Crippen molar-refractivity contribution in [3.8, 4) is 0 Å². The average molecular weight is 292 g/mol. The summed E-state index contributed by atoms with van der Waals surface area (Å²) in [4.78, 5) is 0. The smallest absolute Gasteiger partial charge is 0.197 e. The van der Waals surface area contributed by atoms with Gasteiger partial charge in [0.2, 0.25) is 0 Å². The van der Waals surface area contributed by atoms with Gasteiger partial charge in [0.25, 0.3) is 0 Å². The molecule has 0 saturated carbocycles. The first-order valence-corrected chi connectivity index (χ1v) is 7.70. The van der Waals surface area contributed by atoms with Gasteiger partial charge in [0.05, 0.1) is 20.3 Å². The molecule has 0 amide bonds. The van der Waals surface area contributed by atoms with E-state index in [0.29, 0.717) is 24.3 Å². The SMILES string of the molecule is CCOC(C)OC(C)[N+](C)(C(C)OCC)C(C)OCC. The zero-order chi connectivity index (χ0) is 15.8. The summed E-state index contributed by atoms with van der Waals surface area (Å²) in [6.45, 7) is 16.0. The van der Waals surface area contributed by atoms with E-state index < -0.39 is 0 Å². The lowest BCUT2D eigenvalue weighted by Gasteiger charge is -2.47. The minimum absolute atomic E-state index is 0.0228. The minimum Gasteiger partial charge on any atom is -0.353 e. The fourth-order valence-electron chi connectivity index (χ4n) is 2.37. The number of hydrogen-bond donors (Lipinski definition) is 0. The van der Waals surface area contributed by atoms with Gasteiger partial charge in [0.1, 0.15) is 0 Å². The molecule has 0 radical (unpaired) electrons. The van der Waals surface area contributed by atoms with E-state index >= 15 is 0 Å². The van der Waals surface area contributed by atoms with E-state index in [-0.39, 0.29) is 25.0 Å². The van der Waals surface area contributed by atoms with Gasteiger partial charge >= 0.3 is 0 Å². The Labute approximate surface area is 124 Å². The van der Waals surface area contributed by atoms with Gasteiger partial charge in [-0.1, -0.05) is 0 Å². The van der Waals surface area contributed by atoms with Gasteiger partial charge in [0.15, 0.2) is 25.0 Å². The Kier molecular flexibility index (Phi) is 9.59. The topological polar surface area (TPSA) is 36.9 Å². The quantitative estimate of drug-likeness (QED) is 0.433. The van der Waals surface area contributed by atoms with Crippen molar-refractivity contribution in [2.75, 3.05) is 26.9 Å². The Bertz CT molecular complexity index is 238. The monoisotopic (exact) mass is 292 g/mol. The van der Waals surface area contributed by atoms with Crippen molar-refractivity contribution < 1.29 is 23.4 Å². The summed E-state index contributed by atoms with van der Waals surface area (Å²) in [5.41, 5.74) is 0. The highest BCUT2D eigenvalue weighted by atomic mass is 16.7. The molecule has 0 saturated heterocycles. The van der Waals surface area contributed by atoms with Gasteiger partial charge < -0.3 is 18.9 Å². The van der Waals surface area contributed by atoms with E-state index in [1.165, 1.54) is 0 Å². The van der Waals surface area contributed by atoms with Crippen LogP contribution in [0.4, 0.5) is 0 Å². The largest absolute Gasteiger partial charge is 0.353 e. The molecule has 0 aliphatic carbocycles. The van der Waals surface area contributed by atoms with Gasteiger partial charge in [-0.3, -0.25) is 4.48 Å². The Morgan fingerprint density at radius 3 is 1.45 bits per heavy atom. The summed E-state index contributed by atoms with van der Waals surface area (Å²) < 4.78 is 23.6. The van der Waals surface area contributed by atoms with Gasteiger partial charge in [-0.15, -0.1) is 0 Å². The zero-order valence-corrected chi connectivity index (χ0v) is 14.5. The van der Waals surface area contributed by atoms with Crippen LogP contribution >= 0.6 is 0 Å². The summed E-state index contributed by atoms with van der Waals surface area (Å²) in [6, 6.07) is 0. The highest BCUT2D eigenvalue weighted by Crippen LogP contribution is 2.25. The Morgan fingerprint density at radius 1 is 0.700 bits per heavy atom. The van der Waals surface area contributed by atoms with E-state index in [4.69, 9.17) is 18.9 Å². The number of hydrogen-bond acceptors (Lipinski definition) is 4. The standard InChI is InChI=1S/C15H34NO4/c1-9-17-12(4)16(8,13(5)18-10-2)14(6)20-15(7)19-11-3/h12-15H,9-11H2,1-8H3/q+1. The highest BCUT2D eigenvalue weighted by molar-refractivity contribution is 4.49. The third kappa shape index (κ3) is 5.30. The molecule has 0 aromatic heterocycles. The molecule has 0 bridgehead atoms. The molecule has 4 unspecified atom stereocenters. The summed E-state index contributed by atoms with van der Waals surface area (Å²) in [5.74, 6) is 0. The summed E-state index contributed by atoms with van der Waals surface area (Å²) in [5, 5.41) is 0. The van der Waals surface area contributed by atoms with Crippen LogP contribution in [0.2, 0.25) is 0 Å². The predicted octanol–water partition coefficient (Wildman–Crippen LogP) is 2.94. The lowest BCUT2D eigenvalue weighted by atomic mass is 10.3. The van der Waals surface area contributed by atoms with Crippen LogP contribution in [-0.4, -0.2) is 56.3 Å². The zero-order valence-electron chi connectivity index (χ0n) is 14.5. The summed E-state index contributed by atoms with van der Waals surface area (Å²) in [6.07, 6.45) is -0.384. The highest BCUT2D eigenvalue weighted by Gasteiger charge is 2.42. The molecule has 0 aliphatic heterocycles. The van der Waals surface area contributed by atoms with Gasteiger partial charge in [-0.25, -0.2) is 0 Å². The molecule has 0 fully saturated rings. The molecular formula is C15H34NO4+. The normalized spacial score (nSPS) is 21.0. The third-order valence-electron chi connectivity index (χ3n) is 3.96. The molecule has 0 aromatic carbocycles. The Morgan fingerprint density at radius 2 is 1.10 bits per heavy atom. The van der Waals surface area contributed by atoms with Crippen molar-refractivity contribution in [3.05, 3.63) is 0 Å². The van der Waals surface area contributed by atoms with Crippen LogP contribution in [0.3, 0.4) is 0 Å². The van der Waals surface area contributed by atoms with Crippen molar-refractivity contribution in [2.45, 2.75) is 73.4 Å². The van der Waals surface area contributed by atoms with E-state index in [1.807, 2.05) is 34.6 Å². The van der Waals surface area contributed by atoms with Crippen LogP contribution in [-0.2, 0) is 18.9 Å². The van der Waals surface area contributed by atoms with E-state index in [0.717, 1.165) is 0 Å². The van der Waals surface area contributed by atoms with E-state index in [2.05, 4.69) is 20.9 Å².